The van der Waals surface area contributed by atoms with E-state index in [-0.39, 0.29) is 12.3 Å². The average Bonchev–Trinajstić information content (AvgIpc) is 3.06. The average molecular weight is 710 g/mol. The van der Waals surface area contributed by atoms with Gasteiger partial charge in [0.25, 0.3) is 10.1 Å². The SMILES string of the molecule is CCCCCC/C=C\C/C=C\CCCCCCCCCC(=O)NC(CS(=O)(=O)O)C(O)/C=C/CCCCCCCCCCCCCCCC. The van der Waals surface area contributed by atoms with E-state index < -0.39 is 28.0 Å². The zero-order valence-electron chi connectivity index (χ0n) is 32.1. The second kappa shape index (κ2) is 36.4. The minimum atomic E-state index is -4.34. The standard InChI is InChI=1S/C42H79NO5S/c1-3-5-7-9-11-13-15-17-19-21-22-24-26-28-30-32-34-36-38-42(45)43-40(39-49(46,47)48)41(44)37-35-33-31-29-27-25-23-20-18-16-14-12-10-8-6-4-2/h13,15,19,21,35,37,40-41,44H,3-12,14,16-18,20,22-34,36,38-39H2,1-2H3,(H,43,45)(H,46,47,48)/b15-13-,21-19-,37-35+. The van der Waals surface area contributed by atoms with E-state index in [2.05, 4.69) is 43.5 Å². The summed E-state index contributed by atoms with van der Waals surface area (Å²) in [7, 11) is -4.34. The van der Waals surface area contributed by atoms with Gasteiger partial charge in [0.1, 0.15) is 0 Å². The third kappa shape index (κ3) is 37.6. The van der Waals surface area contributed by atoms with E-state index >= 15 is 0 Å². The van der Waals surface area contributed by atoms with E-state index in [9.17, 15) is 22.9 Å². The molecule has 0 spiro atoms. The molecule has 0 heterocycles. The first-order chi connectivity index (χ1) is 23.8. The van der Waals surface area contributed by atoms with Crippen LogP contribution in [0.15, 0.2) is 36.5 Å². The van der Waals surface area contributed by atoms with E-state index in [1.54, 1.807) is 6.08 Å². The van der Waals surface area contributed by atoms with Crippen LogP contribution in [0.1, 0.15) is 206 Å². The van der Waals surface area contributed by atoms with Crippen molar-refractivity contribution in [3.63, 3.8) is 0 Å². The molecule has 0 radical (unpaired) electrons. The highest BCUT2D eigenvalue weighted by molar-refractivity contribution is 7.85. The van der Waals surface area contributed by atoms with Crippen molar-refractivity contribution < 1.29 is 22.9 Å². The fraction of sp³-hybridized carbons (Fsp3) is 0.833. The van der Waals surface area contributed by atoms with Crippen molar-refractivity contribution in [2.75, 3.05) is 5.75 Å². The number of rotatable bonds is 37. The smallest absolute Gasteiger partial charge is 0.267 e. The lowest BCUT2D eigenvalue weighted by molar-refractivity contribution is -0.122. The van der Waals surface area contributed by atoms with Crippen LogP contribution in [-0.2, 0) is 14.9 Å². The molecule has 0 aromatic rings. The summed E-state index contributed by atoms with van der Waals surface area (Å²) in [5.74, 6) is -0.986. The highest BCUT2D eigenvalue weighted by atomic mass is 32.2. The van der Waals surface area contributed by atoms with Crippen molar-refractivity contribution in [3.8, 4) is 0 Å². The van der Waals surface area contributed by atoms with Gasteiger partial charge in [-0.25, -0.2) is 0 Å². The highest BCUT2D eigenvalue weighted by Gasteiger charge is 2.24. The van der Waals surface area contributed by atoms with Crippen molar-refractivity contribution in [1.29, 1.82) is 0 Å². The summed E-state index contributed by atoms with van der Waals surface area (Å²) in [4.78, 5) is 12.5. The third-order valence-corrected chi connectivity index (χ3v) is 10.1. The molecule has 0 saturated heterocycles. The molecule has 0 aromatic carbocycles. The van der Waals surface area contributed by atoms with Crippen LogP contribution in [0, 0.1) is 0 Å². The third-order valence-electron chi connectivity index (χ3n) is 9.31. The predicted octanol–water partition coefficient (Wildman–Crippen LogP) is 12.1. The van der Waals surface area contributed by atoms with E-state index in [1.165, 1.54) is 128 Å². The predicted molar refractivity (Wildman–Crippen MR) is 212 cm³/mol. The molecular weight excluding hydrogens is 631 g/mol. The Morgan fingerprint density at radius 1 is 0.551 bits per heavy atom. The van der Waals surface area contributed by atoms with Crippen LogP contribution >= 0.6 is 0 Å². The molecule has 288 valence electrons. The van der Waals surface area contributed by atoms with Gasteiger partial charge >= 0.3 is 0 Å². The lowest BCUT2D eigenvalue weighted by atomic mass is 10.0. The van der Waals surface area contributed by atoms with Gasteiger partial charge in [-0.3, -0.25) is 9.35 Å². The molecule has 2 atom stereocenters. The normalized spacial score (nSPS) is 13.6. The molecular formula is C42H79NO5S. The minimum absolute atomic E-state index is 0.286. The van der Waals surface area contributed by atoms with E-state index in [0.29, 0.717) is 0 Å². The molecule has 0 bridgehead atoms. The summed E-state index contributed by atoms with van der Waals surface area (Å²) in [5, 5.41) is 13.2. The number of carbonyl (C=O) groups excluding carboxylic acids is 1. The van der Waals surface area contributed by atoms with Gasteiger partial charge in [0.2, 0.25) is 5.91 Å². The molecule has 0 aliphatic heterocycles. The van der Waals surface area contributed by atoms with Crippen molar-refractivity contribution in [1.82, 2.24) is 5.32 Å². The number of nitrogens with one attached hydrogen (secondary N) is 1. The van der Waals surface area contributed by atoms with E-state index in [4.69, 9.17) is 0 Å². The Hall–Kier alpha value is -1.44. The van der Waals surface area contributed by atoms with Gasteiger partial charge in [0, 0.05) is 6.42 Å². The quantitative estimate of drug-likeness (QED) is 0.0338. The summed E-state index contributed by atoms with van der Waals surface area (Å²) in [6.07, 6.45) is 46.9. The van der Waals surface area contributed by atoms with Gasteiger partial charge in [-0.2, -0.15) is 8.42 Å². The first-order valence-electron chi connectivity index (χ1n) is 20.7. The number of aliphatic hydroxyl groups excluding tert-OH is 1. The second-order valence-electron chi connectivity index (χ2n) is 14.3. The number of hydrogen-bond acceptors (Lipinski definition) is 4. The number of allylic oxidation sites excluding steroid dienone is 5. The summed E-state index contributed by atoms with van der Waals surface area (Å²) in [6.45, 7) is 4.51. The number of unbranched alkanes of at least 4 members (excludes halogenated alkanes) is 25. The van der Waals surface area contributed by atoms with Crippen LogP contribution in [0.5, 0.6) is 0 Å². The zero-order chi connectivity index (χ0) is 36.1. The summed E-state index contributed by atoms with van der Waals surface area (Å²) >= 11 is 0. The van der Waals surface area contributed by atoms with Gasteiger partial charge in [-0.05, 0) is 51.4 Å². The molecule has 49 heavy (non-hydrogen) atoms. The number of carbonyl (C=O) groups is 1. The van der Waals surface area contributed by atoms with Gasteiger partial charge in [-0.15, -0.1) is 0 Å². The maximum Gasteiger partial charge on any atom is 0.267 e. The van der Waals surface area contributed by atoms with Crippen molar-refractivity contribution in [2.45, 2.75) is 219 Å². The van der Waals surface area contributed by atoms with Crippen LogP contribution in [0.4, 0.5) is 0 Å². The fourth-order valence-electron chi connectivity index (χ4n) is 6.19. The topological polar surface area (TPSA) is 104 Å². The van der Waals surface area contributed by atoms with Gasteiger partial charge in [-0.1, -0.05) is 185 Å². The fourth-order valence-corrected chi connectivity index (χ4v) is 6.92. The maximum atomic E-state index is 12.5. The summed E-state index contributed by atoms with van der Waals surface area (Å²) in [5.41, 5.74) is 0. The lowest BCUT2D eigenvalue weighted by Gasteiger charge is -2.21. The van der Waals surface area contributed by atoms with Crippen LogP contribution < -0.4 is 5.32 Å². The Kier molecular flexibility index (Phi) is 35.3. The Labute approximate surface area is 304 Å². The lowest BCUT2D eigenvalue weighted by Crippen LogP contribution is -2.46. The second-order valence-corrected chi connectivity index (χ2v) is 15.8. The molecule has 3 N–H and O–H groups in total. The Bertz CT molecular complexity index is 914. The molecule has 0 aliphatic carbocycles. The molecule has 2 unspecified atom stereocenters. The maximum absolute atomic E-state index is 12.5. The first kappa shape index (κ1) is 47.6. The van der Waals surface area contributed by atoms with Gasteiger partial charge < -0.3 is 10.4 Å². The monoisotopic (exact) mass is 710 g/mol. The number of aliphatic hydroxyl groups is 1. The number of amides is 1. The van der Waals surface area contributed by atoms with Crippen LogP contribution in [-0.4, -0.2) is 41.9 Å². The number of hydrogen-bond donors (Lipinski definition) is 3. The van der Waals surface area contributed by atoms with Crippen LogP contribution in [0.3, 0.4) is 0 Å². The van der Waals surface area contributed by atoms with Crippen molar-refractivity contribution in [2.24, 2.45) is 0 Å². The van der Waals surface area contributed by atoms with Gasteiger partial charge in [0.15, 0.2) is 0 Å². The van der Waals surface area contributed by atoms with Crippen molar-refractivity contribution in [3.05, 3.63) is 36.5 Å². The molecule has 7 heteroatoms. The van der Waals surface area contributed by atoms with Crippen molar-refractivity contribution >= 4 is 16.0 Å². The molecule has 0 rings (SSSR count). The first-order valence-corrected chi connectivity index (χ1v) is 22.3. The van der Waals surface area contributed by atoms with Gasteiger partial charge in [0.05, 0.1) is 17.9 Å². The van der Waals surface area contributed by atoms with E-state index in [0.717, 1.165) is 57.8 Å². The molecule has 0 fully saturated rings. The zero-order valence-corrected chi connectivity index (χ0v) is 32.9. The summed E-state index contributed by atoms with van der Waals surface area (Å²) in [6, 6.07) is -1.06. The summed E-state index contributed by atoms with van der Waals surface area (Å²) < 4.78 is 32.5. The largest absolute Gasteiger partial charge is 0.387 e. The van der Waals surface area contributed by atoms with E-state index in [1.807, 2.05) is 6.08 Å². The Balaban J connectivity index is 3.94. The molecule has 0 aromatic heterocycles. The van der Waals surface area contributed by atoms with Crippen LogP contribution in [0.2, 0.25) is 0 Å². The highest BCUT2D eigenvalue weighted by Crippen LogP contribution is 2.14. The van der Waals surface area contributed by atoms with Crippen LogP contribution in [0.25, 0.3) is 0 Å². The molecule has 0 saturated carbocycles. The molecule has 0 aliphatic rings. The Morgan fingerprint density at radius 3 is 1.35 bits per heavy atom. The minimum Gasteiger partial charge on any atom is -0.387 e. The Morgan fingerprint density at radius 2 is 0.918 bits per heavy atom. The molecule has 6 nitrogen and oxygen atoms in total. The molecule has 1 amide bonds.